The fraction of sp³-hybridized carbons (Fsp3) is 0.500. The second kappa shape index (κ2) is 7.70. The number of hydrogen-bond acceptors (Lipinski definition) is 7. The molecule has 0 unspecified atom stereocenters. The zero-order valence-corrected chi connectivity index (χ0v) is 18.0. The summed E-state index contributed by atoms with van der Waals surface area (Å²) in [6, 6.07) is 3.34. The molecule has 2 aliphatic carbocycles. The summed E-state index contributed by atoms with van der Waals surface area (Å²) in [4.78, 5) is 46.7. The van der Waals surface area contributed by atoms with Gasteiger partial charge in [-0.3, -0.25) is 19.0 Å². The fourth-order valence-electron chi connectivity index (χ4n) is 5.07. The summed E-state index contributed by atoms with van der Waals surface area (Å²) >= 11 is 0. The van der Waals surface area contributed by atoms with Crippen LogP contribution >= 0.6 is 0 Å². The molecular weight excluding hydrogens is 410 g/mol. The Bertz CT molecular complexity index is 1150. The van der Waals surface area contributed by atoms with Crippen molar-refractivity contribution in [1.82, 2.24) is 19.9 Å². The van der Waals surface area contributed by atoms with Gasteiger partial charge in [-0.05, 0) is 57.1 Å². The number of nitrogens with two attached hydrogens (primary N) is 1. The zero-order chi connectivity index (χ0) is 22.5. The molecule has 2 fully saturated rings. The van der Waals surface area contributed by atoms with Gasteiger partial charge in [-0.15, -0.1) is 0 Å². The predicted molar refractivity (Wildman–Crippen MR) is 119 cm³/mol. The SMILES string of the molecule is Cc1cc(Nc2cc(NC(=O)C3CC(N)C3)ncn2)c(=O)n2c1C(=O)NC21CCCCC1. The molecule has 2 amide bonds. The lowest BCUT2D eigenvalue weighted by Crippen LogP contribution is -2.48. The molecule has 168 valence electrons. The highest BCUT2D eigenvalue weighted by atomic mass is 16.2. The van der Waals surface area contributed by atoms with E-state index in [0.29, 0.717) is 35.9 Å². The number of nitrogens with zero attached hydrogens (tertiary/aromatic N) is 3. The van der Waals surface area contributed by atoms with Crippen LogP contribution in [0.4, 0.5) is 17.3 Å². The van der Waals surface area contributed by atoms with Crippen molar-refractivity contribution in [3.63, 3.8) is 0 Å². The van der Waals surface area contributed by atoms with Gasteiger partial charge in [0.1, 0.15) is 35.0 Å². The lowest BCUT2D eigenvalue weighted by Gasteiger charge is -2.35. The minimum absolute atomic E-state index is 0.0817. The van der Waals surface area contributed by atoms with Crippen LogP contribution in [-0.2, 0) is 10.5 Å². The molecule has 0 bridgehead atoms. The van der Waals surface area contributed by atoms with Gasteiger partial charge in [0.05, 0.1) is 0 Å². The summed E-state index contributed by atoms with van der Waals surface area (Å²) in [6.45, 7) is 1.83. The first-order valence-electron chi connectivity index (χ1n) is 11.1. The standard InChI is InChI=1S/C22H27N7O3/c1-12-7-15(21(32)29-18(12)20(31)28-22(29)5-3-2-4-6-22)26-16-10-17(25-11-24-16)27-19(30)13-8-14(23)9-13/h7,10-11,13-14H,2-6,8-9,23H2,1H3,(H,28,31)(H2,24,25,26,27,30). The summed E-state index contributed by atoms with van der Waals surface area (Å²) in [7, 11) is 0. The Balaban J connectivity index is 1.43. The lowest BCUT2D eigenvalue weighted by atomic mass is 9.80. The van der Waals surface area contributed by atoms with Crippen molar-refractivity contribution >= 4 is 29.1 Å². The van der Waals surface area contributed by atoms with E-state index in [1.54, 1.807) is 16.7 Å². The normalized spacial score (nSPS) is 23.2. The van der Waals surface area contributed by atoms with E-state index in [0.717, 1.165) is 37.7 Å². The number of rotatable bonds is 4. The first kappa shape index (κ1) is 20.6. The molecule has 32 heavy (non-hydrogen) atoms. The van der Waals surface area contributed by atoms with E-state index in [1.807, 2.05) is 6.92 Å². The van der Waals surface area contributed by atoms with Crippen molar-refractivity contribution in [2.75, 3.05) is 10.6 Å². The smallest absolute Gasteiger partial charge is 0.276 e. The van der Waals surface area contributed by atoms with Crippen LogP contribution in [0.3, 0.4) is 0 Å². The van der Waals surface area contributed by atoms with Gasteiger partial charge in [-0.25, -0.2) is 9.97 Å². The monoisotopic (exact) mass is 437 g/mol. The molecule has 0 radical (unpaired) electrons. The fourth-order valence-corrected chi connectivity index (χ4v) is 5.07. The number of anilines is 3. The number of carbonyl (C=O) groups excluding carboxylic acids is 2. The van der Waals surface area contributed by atoms with Crippen LogP contribution < -0.4 is 27.2 Å². The van der Waals surface area contributed by atoms with Crippen LogP contribution in [0.2, 0.25) is 0 Å². The average Bonchev–Trinajstić information content (AvgIpc) is 3.02. The lowest BCUT2D eigenvalue weighted by molar-refractivity contribution is -0.122. The van der Waals surface area contributed by atoms with E-state index >= 15 is 0 Å². The Kier molecular flexibility index (Phi) is 4.96. The molecule has 2 aromatic rings. The van der Waals surface area contributed by atoms with Gasteiger partial charge in [0.2, 0.25) is 5.91 Å². The van der Waals surface area contributed by atoms with Crippen LogP contribution in [0.15, 0.2) is 23.3 Å². The molecule has 10 heteroatoms. The number of nitrogens with one attached hydrogen (secondary N) is 3. The Morgan fingerprint density at radius 1 is 1.16 bits per heavy atom. The maximum atomic E-state index is 13.4. The van der Waals surface area contributed by atoms with E-state index in [2.05, 4.69) is 25.9 Å². The third-order valence-electron chi connectivity index (χ3n) is 6.79. The molecule has 1 aliphatic heterocycles. The Morgan fingerprint density at radius 3 is 2.59 bits per heavy atom. The number of aromatic nitrogens is 3. The van der Waals surface area contributed by atoms with Crippen LogP contribution in [-0.4, -0.2) is 32.4 Å². The van der Waals surface area contributed by atoms with Crippen molar-refractivity contribution < 1.29 is 9.59 Å². The highest BCUT2D eigenvalue weighted by Gasteiger charge is 2.45. The summed E-state index contributed by atoms with van der Waals surface area (Å²) in [5.74, 6) is 0.320. The van der Waals surface area contributed by atoms with E-state index in [9.17, 15) is 14.4 Å². The highest BCUT2D eigenvalue weighted by Crippen LogP contribution is 2.37. The number of pyridine rings is 1. The highest BCUT2D eigenvalue weighted by molar-refractivity contribution is 5.97. The molecule has 1 spiro atoms. The van der Waals surface area contributed by atoms with E-state index in [-0.39, 0.29) is 29.3 Å². The third-order valence-corrected chi connectivity index (χ3v) is 6.79. The van der Waals surface area contributed by atoms with Crippen LogP contribution in [0.5, 0.6) is 0 Å². The van der Waals surface area contributed by atoms with Crippen molar-refractivity contribution in [3.8, 4) is 0 Å². The van der Waals surface area contributed by atoms with Gasteiger partial charge in [-0.2, -0.15) is 0 Å². The molecule has 3 aliphatic rings. The summed E-state index contributed by atoms with van der Waals surface area (Å²) in [5.41, 5.74) is 6.32. The van der Waals surface area contributed by atoms with Gasteiger partial charge in [-0.1, -0.05) is 6.42 Å². The molecule has 2 aromatic heterocycles. The van der Waals surface area contributed by atoms with Gasteiger partial charge in [0.25, 0.3) is 11.5 Å². The average molecular weight is 438 g/mol. The Morgan fingerprint density at radius 2 is 1.88 bits per heavy atom. The summed E-state index contributed by atoms with van der Waals surface area (Å²) in [6.07, 6.45) is 7.17. The number of carbonyl (C=O) groups is 2. The topological polar surface area (TPSA) is 144 Å². The molecule has 5 rings (SSSR count). The van der Waals surface area contributed by atoms with Gasteiger partial charge >= 0.3 is 0 Å². The zero-order valence-electron chi connectivity index (χ0n) is 18.0. The van der Waals surface area contributed by atoms with Crippen LogP contribution in [0.25, 0.3) is 0 Å². The molecule has 10 nitrogen and oxygen atoms in total. The quantitative estimate of drug-likeness (QED) is 0.570. The van der Waals surface area contributed by atoms with Gasteiger partial charge in [0.15, 0.2) is 0 Å². The molecule has 3 heterocycles. The Labute approximate surface area is 185 Å². The van der Waals surface area contributed by atoms with E-state index in [4.69, 9.17) is 5.73 Å². The molecule has 2 saturated carbocycles. The third kappa shape index (κ3) is 3.44. The van der Waals surface area contributed by atoms with Gasteiger partial charge < -0.3 is 21.7 Å². The molecule has 0 atom stereocenters. The first-order valence-corrected chi connectivity index (χ1v) is 11.1. The van der Waals surface area contributed by atoms with E-state index < -0.39 is 5.66 Å². The second-order valence-electron chi connectivity index (χ2n) is 9.11. The van der Waals surface area contributed by atoms with Gasteiger partial charge in [0, 0.05) is 18.0 Å². The van der Waals surface area contributed by atoms with Crippen molar-refractivity contribution in [2.45, 2.75) is 63.6 Å². The van der Waals surface area contributed by atoms with E-state index in [1.165, 1.54) is 6.33 Å². The Hall–Kier alpha value is -3.27. The number of hydrogen-bond donors (Lipinski definition) is 4. The number of amides is 2. The molecule has 0 aromatic carbocycles. The minimum Gasteiger partial charge on any atom is -0.336 e. The van der Waals surface area contributed by atoms with Crippen molar-refractivity contribution in [3.05, 3.63) is 40.1 Å². The summed E-state index contributed by atoms with van der Waals surface area (Å²) in [5, 5.41) is 8.93. The maximum absolute atomic E-state index is 13.4. The second-order valence-corrected chi connectivity index (χ2v) is 9.11. The largest absolute Gasteiger partial charge is 0.336 e. The summed E-state index contributed by atoms with van der Waals surface area (Å²) < 4.78 is 1.63. The molecular formula is C22H27N7O3. The molecule has 0 saturated heterocycles. The van der Waals surface area contributed by atoms with Crippen LogP contribution in [0, 0.1) is 12.8 Å². The first-order chi connectivity index (χ1) is 15.4. The van der Waals surface area contributed by atoms with Crippen molar-refractivity contribution in [2.24, 2.45) is 11.7 Å². The number of aryl methyl sites for hydroxylation is 1. The number of fused-ring (bicyclic) bond motifs is 2. The maximum Gasteiger partial charge on any atom is 0.276 e. The predicted octanol–water partition coefficient (Wildman–Crippen LogP) is 1.73. The van der Waals surface area contributed by atoms with Crippen molar-refractivity contribution in [1.29, 1.82) is 0 Å². The van der Waals surface area contributed by atoms with Crippen LogP contribution in [0.1, 0.15) is 61.0 Å². The molecule has 5 N–H and O–H groups in total. The minimum atomic E-state index is -0.654.